The molecule has 3 nitrogen and oxygen atoms in total. The molecule has 0 fully saturated rings. The second-order valence-electron chi connectivity index (χ2n) is 0.346. The summed E-state index contributed by atoms with van der Waals surface area (Å²) >= 11 is 0. The molecule has 5 heavy (non-hydrogen) atoms. The van der Waals surface area contributed by atoms with Gasteiger partial charge in [0.05, 0.1) is 0 Å². The smallest absolute Gasteiger partial charge is 1.00 e. The van der Waals surface area contributed by atoms with E-state index in [4.69, 9.17) is 15.1 Å². The molecule has 0 aromatic rings. The van der Waals surface area contributed by atoms with Crippen LogP contribution in [-0.4, -0.2) is 22.4 Å². The first kappa shape index (κ1) is 9.89. The Bertz CT molecular complexity index is 15.5. The van der Waals surface area contributed by atoms with Gasteiger partial charge in [-0.2, -0.15) is 0 Å². The molecule has 0 aliphatic carbocycles. The van der Waals surface area contributed by atoms with E-state index in [1.165, 1.54) is 0 Å². The number of rotatable bonds is 0. The van der Waals surface area contributed by atoms with Crippen LogP contribution >= 0.6 is 0 Å². The van der Waals surface area contributed by atoms with Crippen LogP contribution in [0.4, 0.5) is 0 Å². The molecule has 0 unspecified atom stereocenters. The molecule has 5 heteroatoms. The van der Waals surface area contributed by atoms with Crippen LogP contribution in [0.3, 0.4) is 0 Å². The fourth-order valence-electron chi connectivity index (χ4n) is 0. The Morgan fingerprint density at radius 1 is 1.20 bits per heavy atom. The van der Waals surface area contributed by atoms with Crippen LogP contribution in [0, 0.1) is 0 Å². The van der Waals surface area contributed by atoms with Crippen molar-refractivity contribution in [2.24, 2.45) is 0 Å². The van der Waals surface area contributed by atoms with Crippen LogP contribution in [0.1, 0.15) is 1.43 Å². The van der Waals surface area contributed by atoms with Gasteiger partial charge in [-0.15, -0.1) is 0 Å². The first-order chi connectivity index (χ1) is 1.73. The Morgan fingerprint density at radius 3 is 1.20 bits per heavy atom. The fourth-order valence-corrected chi connectivity index (χ4v) is 0. The molecule has 0 spiro atoms. The number of hydrogen-bond donors (Lipinski definition) is 3. The van der Waals surface area contributed by atoms with Crippen LogP contribution in [-0.2, 0) is 0 Å². The average molecular weight is 148 g/mol. The Labute approximate surface area is 80.5 Å². The quantitative estimate of drug-likeness (QED) is 0.302. The molecular weight excluding hydrogens is 144 g/mol. The molecule has 0 saturated heterocycles. The van der Waals surface area contributed by atoms with Crippen molar-refractivity contribution in [1.82, 2.24) is 0 Å². The molecule has 26 valence electrons. The van der Waals surface area contributed by atoms with Crippen molar-refractivity contribution in [3.8, 4) is 0 Å². The summed E-state index contributed by atoms with van der Waals surface area (Å²) < 4.78 is 0. The molecule has 0 rings (SSSR count). The summed E-state index contributed by atoms with van der Waals surface area (Å²) in [6, 6.07) is 0. The first-order valence-electron chi connectivity index (χ1n) is 0.775. The zero-order valence-corrected chi connectivity index (χ0v) is 7.84. The van der Waals surface area contributed by atoms with Gasteiger partial charge >= 0.3 is 65.5 Å². The summed E-state index contributed by atoms with van der Waals surface area (Å²) in [4.78, 5) is 0. The Hall–Kier alpha value is 1.75. The summed E-state index contributed by atoms with van der Waals surface area (Å²) in [5.74, 6) is 0. The maximum absolute atomic E-state index is 7.17. The molecule has 0 radical (unpaired) electrons. The van der Waals surface area contributed by atoms with E-state index in [0.717, 1.165) is 0 Å². The molecule has 0 aliphatic heterocycles. The minimum atomic E-state index is -2.17. The normalized spacial score (nSPS) is 5.40. The van der Waals surface area contributed by atoms with Crippen LogP contribution < -0.4 is 58.2 Å². The van der Waals surface area contributed by atoms with Gasteiger partial charge in [-0.25, -0.2) is 0 Å². The van der Waals surface area contributed by atoms with Crippen molar-refractivity contribution in [1.29, 1.82) is 0 Å². The summed E-state index contributed by atoms with van der Waals surface area (Å²) in [5, 5.41) is 21.5. The zero-order valence-electron chi connectivity index (χ0n) is 3.92. The standard InChI is InChI=1S/BH3O3.Rb.H/c2-1(3)4;;/h2-4H;;/q;+1;-1. The molecule has 3 N–H and O–H groups in total. The molecule has 0 aliphatic rings. The van der Waals surface area contributed by atoms with E-state index in [9.17, 15) is 0 Å². The largest absolute Gasteiger partial charge is 1.00 e. The van der Waals surface area contributed by atoms with E-state index in [1.54, 1.807) is 0 Å². The third-order valence-electron chi connectivity index (χ3n) is 0. The molecular formula is H4BO3Rb. The third-order valence-corrected chi connectivity index (χ3v) is 0. The number of hydrogen-bond acceptors (Lipinski definition) is 3. The minimum absolute atomic E-state index is 0. The van der Waals surface area contributed by atoms with Gasteiger partial charge in [-0.05, 0) is 0 Å². The van der Waals surface area contributed by atoms with Gasteiger partial charge < -0.3 is 16.5 Å². The van der Waals surface area contributed by atoms with Crippen molar-refractivity contribution >= 4 is 7.32 Å². The average Bonchev–Trinajstić information content (AvgIpc) is 0.811. The van der Waals surface area contributed by atoms with Gasteiger partial charge in [0.15, 0.2) is 0 Å². The predicted molar refractivity (Wildman–Crippen MR) is 13.5 cm³/mol. The first-order valence-corrected chi connectivity index (χ1v) is 0.775. The third kappa shape index (κ3) is 26.4. The topological polar surface area (TPSA) is 60.7 Å². The van der Waals surface area contributed by atoms with Crippen LogP contribution in [0.5, 0.6) is 0 Å². The van der Waals surface area contributed by atoms with Crippen LogP contribution in [0.15, 0.2) is 0 Å². The van der Waals surface area contributed by atoms with Crippen molar-refractivity contribution in [2.45, 2.75) is 0 Å². The molecule has 0 aromatic carbocycles. The van der Waals surface area contributed by atoms with Crippen molar-refractivity contribution in [2.75, 3.05) is 0 Å². The monoisotopic (exact) mass is 148 g/mol. The van der Waals surface area contributed by atoms with E-state index >= 15 is 0 Å². The van der Waals surface area contributed by atoms with Gasteiger partial charge in [-0.1, -0.05) is 0 Å². The predicted octanol–water partition coefficient (Wildman–Crippen LogP) is -4.94. The summed E-state index contributed by atoms with van der Waals surface area (Å²) in [6.07, 6.45) is 0. The molecule has 0 aromatic heterocycles. The molecule has 0 saturated carbocycles. The summed E-state index contributed by atoms with van der Waals surface area (Å²) in [7, 11) is -2.17. The second-order valence-corrected chi connectivity index (χ2v) is 0.346. The Kier molecular flexibility index (Phi) is 11.4. The van der Waals surface area contributed by atoms with E-state index in [2.05, 4.69) is 0 Å². The van der Waals surface area contributed by atoms with Gasteiger partial charge in [0.1, 0.15) is 0 Å². The van der Waals surface area contributed by atoms with Gasteiger partial charge in [0, 0.05) is 0 Å². The van der Waals surface area contributed by atoms with Gasteiger partial charge in [-0.3, -0.25) is 0 Å². The molecule has 0 atom stereocenters. The van der Waals surface area contributed by atoms with E-state index in [-0.39, 0.29) is 59.6 Å². The van der Waals surface area contributed by atoms with Gasteiger partial charge in [0.25, 0.3) is 0 Å². The van der Waals surface area contributed by atoms with E-state index in [0.29, 0.717) is 0 Å². The van der Waals surface area contributed by atoms with Crippen LogP contribution in [0.2, 0.25) is 0 Å². The SMILES string of the molecule is OB(O)O.[H-].[Rb+]. The van der Waals surface area contributed by atoms with E-state index in [1.807, 2.05) is 0 Å². The summed E-state index contributed by atoms with van der Waals surface area (Å²) in [5.41, 5.74) is 0. The van der Waals surface area contributed by atoms with Crippen molar-refractivity contribution < 1.29 is 74.7 Å². The Balaban J connectivity index is -0.0000000450. The maximum atomic E-state index is 7.17. The summed E-state index contributed by atoms with van der Waals surface area (Å²) in [6.45, 7) is 0. The fraction of sp³-hybridized carbons (Fsp3) is 0. The maximum Gasteiger partial charge on any atom is 1.00 e. The van der Waals surface area contributed by atoms with Crippen LogP contribution in [0.25, 0.3) is 0 Å². The second kappa shape index (κ2) is 5.75. The molecule has 0 heterocycles. The Morgan fingerprint density at radius 2 is 1.20 bits per heavy atom. The molecule has 0 amide bonds. The van der Waals surface area contributed by atoms with Crippen molar-refractivity contribution in [3.05, 3.63) is 0 Å². The van der Waals surface area contributed by atoms with Gasteiger partial charge in [0.2, 0.25) is 0 Å². The van der Waals surface area contributed by atoms with Crippen molar-refractivity contribution in [3.63, 3.8) is 0 Å². The molecule has 0 bridgehead atoms. The van der Waals surface area contributed by atoms with E-state index < -0.39 is 7.32 Å². The minimum Gasteiger partial charge on any atom is -1.00 e. The zero-order chi connectivity index (χ0) is 3.58.